The van der Waals surface area contributed by atoms with Crippen molar-refractivity contribution >= 4 is 11.4 Å². The van der Waals surface area contributed by atoms with Gasteiger partial charge in [-0.05, 0) is 55.7 Å². The lowest BCUT2D eigenvalue weighted by Gasteiger charge is -2.21. The number of nitrogens with two attached hydrogens (primary N) is 2. The molecule has 4 nitrogen and oxygen atoms in total. The van der Waals surface area contributed by atoms with Gasteiger partial charge in [-0.15, -0.1) is 0 Å². The van der Waals surface area contributed by atoms with Gasteiger partial charge in [0.05, 0.1) is 0 Å². The molecule has 0 heterocycles. The van der Waals surface area contributed by atoms with Gasteiger partial charge in [-0.25, -0.2) is 0 Å². The Morgan fingerprint density at radius 1 is 0.833 bits per heavy atom. The maximum atomic E-state index is 6.05. The van der Waals surface area contributed by atoms with Crippen LogP contribution in [0.15, 0.2) is 36.4 Å². The SMILES string of the molecule is CCCCCC(Oc1ccc(N)c(C)c1)Oc1ccc(C)c(N)c1. The Bertz CT molecular complexity index is 617. The predicted octanol–water partition coefficient (Wildman–Crippen LogP) is 4.83. The Balaban J connectivity index is 2.10. The van der Waals surface area contributed by atoms with E-state index in [4.69, 9.17) is 20.9 Å². The van der Waals surface area contributed by atoms with E-state index in [-0.39, 0.29) is 6.29 Å². The maximum Gasteiger partial charge on any atom is 0.241 e. The van der Waals surface area contributed by atoms with E-state index in [1.54, 1.807) is 0 Å². The number of unbranched alkanes of at least 4 members (excludes halogenated alkanes) is 2. The third kappa shape index (κ3) is 5.08. The molecule has 2 aromatic rings. The van der Waals surface area contributed by atoms with Crippen LogP contribution in [0.2, 0.25) is 0 Å². The Morgan fingerprint density at radius 3 is 2.12 bits per heavy atom. The molecule has 24 heavy (non-hydrogen) atoms. The fraction of sp³-hybridized carbons (Fsp3) is 0.400. The van der Waals surface area contributed by atoms with Gasteiger partial charge in [-0.1, -0.05) is 25.8 Å². The highest BCUT2D eigenvalue weighted by Gasteiger charge is 2.13. The lowest BCUT2D eigenvalue weighted by Crippen LogP contribution is -2.24. The van der Waals surface area contributed by atoms with E-state index in [2.05, 4.69) is 6.92 Å². The average molecular weight is 328 g/mol. The summed E-state index contributed by atoms with van der Waals surface area (Å²) in [5, 5.41) is 0. The molecule has 1 unspecified atom stereocenters. The first-order valence-electron chi connectivity index (χ1n) is 8.55. The third-order valence-electron chi connectivity index (χ3n) is 4.07. The zero-order valence-corrected chi connectivity index (χ0v) is 14.8. The largest absolute Gasteiger partial charge is 0.455 e. The molecule has 4 N–H and O–H groups in total. The Hall–Kier alpha value is -2.36. The van der Waals surface area contributed by atoms with Crippen LogP contribution in [0.5, 0.6) is 11.5 Å². The van der Waals surface area contributed by atoms with Crippen LogP contribution in [0.3, 0.4) is 0 Å². The van der Waals surface area contributed by atoms with Crippen molar-refractivity contribution in [3.8, 4) is 11.5 Å². The predicted molar refractivity (Wildman–Crippen MR) is 100 cm³/mol. The molecule has 1 atom stereocenters. The smallest absolute Gasteiger partial charge is 0.241 e. The number of hydrogen-bond donors (Lipinski definition) is 2. The summed E-state index contributed by atoms with van der Waals surface area (Å²) in [6.07, 6.45) is 3.84. The van der Waals surface area contributed by atoms with Crippen LogP contribution in [0.25, 0.3) is 0 Å². The molecule has 0 aliphatic carbocycles. The Morgan fingerprint density at radius 2 is 1.50 bits per heavy atom. The second-order valence-corrected chi connectivity index (χ2v) is 6.20. The van der Waals surface area contributed by atoms with Crippen molar-refractivity contribution in [2.45, 2.75) is 52.7 Å². The van der Waals surface area contributed by atoms with Gasteiger partial charge in [-0.2, -0.15) is 0 Å². The molecular formula is C20H28N2O2. The van der Waals surface area contributed by atoms with Gasteiger partial charge in [0.1, 0.15) is 11.5 Å². The molecule has 0 saturated heterocycles. The molecule has 0 fully saturated rings. The Labute approximate surface area is 144 Å². The highest BCUT2D eigenvalue weighted by Crippen LogP contribution is 2.25. The van der Waals surface area contributed by atoms with Crippen LogP contribution in [0.4, 0.5) is 11.4 Å². The molecule has 2 aromatic carbocycles. The fourth-order valence-corrected chi connectivity index (χ4v) is 2.42. The number of rotatable bonds is 8. The lowest BCUT2D eigenvalue weighted by atomic mass is 10.2. The van der Waals surface area contributed by atoms with Crippen LogP contribution >= 0.6 is 0 Å². The number of aryl methyl sites for hydroxylation is 2. The molecule has 0 spiro atoms. The molecular weight excluding hydrogens is 300 g/mol. The van der Waals surface area contributed by atoms with Gasteiger partial charge in [0.15, 0.2) is 0 Å². The molecule has 130 valence electrons. The monoisotopic (exact) mass is 328 g/mol. The number of hydrogen-bond acceptors (Lipinski definition) is 4. The van der Waals surface area contributed by atoms with E-state index < -0.39 is 0 Å². The zero-order chi connectivity index (χ0) is 17.5. The second-order valence-electron chi connectivity index (χ2n) is 6.20. The van der Waals surface area contributed by atoms with Crippen molar-refractivity contribution < 1.29 is 9.47 Å². The standard InChI is InChI=1S/C20H28N2O2/c1-4-5-6-7-20(23-16-10-11-18(21)15(3)12-16)24-17-9-8-14(2)19(22)13-17/h8-13,20H,4-7,21-22H2,1-3H3. The number of nitrogen functional groups attached to an aromatic ring is 2. The zero-order valence-electron chi connectivity index (χ0n) is 14.8. The first kappa shape index (κ1) is 18.0. The third-order valence-corrected chi connectivity index (χ3v) is 4.07. The summed E-state index contributed by atoms with van der Waals surface area (Å²) < 4.78 is 12.1. The summed E-state index contributed by atoms with van der Waals surface area (Å²) in [5.41, 5.74) is 15.4. The van der Waals surface area contributed by atoms with Crippen molar-refractivity contribution in [2.24, 2.45) is 0 Å². The van der Waals surface area contributed by atoms with Gasteiger partial charge in [0.2, 0.25) is 6.29 Å². The van der Waals surface area contributed by atoms with Gasteiger partial charge in [0.25, 0.3) is 0 Å². The average Bonchev–Trinajstić information content (AvgIpc) is 2.54. The molecule has 0 aromatic heterocycles. The summed E-state index contributed by atoms with van der Waals surface area (Å²) in [5.74, 6) is 1.50. The van der Waals surface area contributed by atoms with Crippen LogP contribution in [0.1, 0.15) is 43.7 Å². The first-order valence-corrected chi connectivity index (χ1v) is 8.55. The van der Waals surface area contributed by atoms with Gasteiger partial charge in [-0.3, -0.25) is 0 Å². The van der Waals surface area contributed by atoms with Crippen molar-refractivity contribution in [3.63, 3.8) is 0 Å². The van der Waals surface area contributed by atoms with E-state index in [1.807, 2.05) is 50.2 Å². The molecule has 0 bridgehead atoms. The minimum atomic E-state index is -0.346. The van der Waals surface area contributed by atoms with Gasteiger partial charge >= 0.3 is 0 Å². The van der Waals surface area contributed by atoms with E-state index >= 15 is 0 Å². The molecule has 0 saturated carbocycles. The molecule has 4 heteroatoms. The van der Waals surface area contributed by atoms with E-state index in [0.717, 1.165) is 59.7 Å². The molecule has 2 rings (SSSR count). The fourth-order valence-electron chi connectivity index (χ4n) is 2.42. The van der Waals surface area contributed by atoms with Crippen molar-refractivity contribution in [3.05, 3.63) is 47.5 Å². The van der Waals surface area contributed by atoms with Gasteiger partial charge < -0.3 is 20.9 Å². The first-order chi connectivity index (χ1) is 11.5. The van der Waals surface area contributed by atoms with E-state index in [0.29, 0.717) is 0 Å². The minimum Gasteiger partial charge on any atom is -0.455 e. The molecule has 0 amide bonds. The van der Waals surface area contributed by atoms with Crippen LogP contribution in [-0.2, 0) is 0 Å². The van der Waals surface area contributed by atoms with Crippen molar-refractivity contribution in [1.82, 2.24) is 0 Å². The van der Waals surface area contributed by atoms with Gasteiger partial charge in [0, 0.05) is 23.9 Å². The number of ether oxygens (including phenoxy) is 2. The van der Waals surface area contributed by atoms with Crippen molar-refractivity contribution in [2.75, 3.05) is 11.5 Å². The van der Waals surface area contributed by atoms with E-state index in [1.165, 1.54) is 0 Å². The van der Waals surface area contributed by atoms with Crippen LogP contribution in [0, 0.1) is 13.8 Å². The molecule has 0 aliphatic heterocycles. The second kappa shape index (κ2) is 8.48. The summed E-state index contributed by atoms with van der Waals surface area (Å²) in [6, 6.07) is 11.4. The van der Waals surface area contributed by atoms with E-state index in [9.17, 15) is 0 Å². The Kier molecular flexibility index (Phi) is 6.36. The summed E-state index contributed by atoms with van der Waals surface area (Å²) in [4.78, 5) is 0. The maximum absolute atomic E-state index is 6.05. The number of anilines is 2. The topological polar surface area (TPSA) is 70.5 Å². The lowest BCUT2D eigenvalue weighted by molar-refractivity contribution is -0.00235. The van der Waals surface area contributed by atoms with Crippen LogP contribution in [-0.4, -0.2) is 6.29 Å². The quantitative estimate of drug-likeness (QED) is 0.413. The minimum absolute atomic E-state index is 0.346. The molecule has 0 radical (unpaired) electrons. The highest BCUT2D eigenvalue weighted by molar-refractivity contribution is 5.51. The summed E-state index contributed by atoms with van der Waals surface area (Å²) in [6.45, 7) is 6.13. The highest BCUT2D eigenvalue weighted by atomic mass is 16.7. The summed E-state index contributed by atoms with van der Waals surface area (Å²) >= 11 is 0. The molecule has 0 aliphatic rings. The van der Waals surface area contributed by atoms with Crippen molar-refractivity contribution in [1.29, 1.82) is 0 Å². The normalized spacial score (nSPS) is 12.0. The number of benzene rings is 2. The summed E-state index contributed by atoms with van der Waals surface area (Å²) in [7, 11) is 0. The van der Waals surface area contributed by atoms with Crippen LogP contribution < -0.4 is 20.9 Å².